The van der Waals surface area contributed by atoms with Crippen molar-refractivity contribution in [1.82, 2.24) is 0 Å². The summed E-state index contributed by atoms with van der Waals surface area (Å²) in [4.78, 5) is 23.2. The molecule has 1 aromatic rings. The van der Waals surface area contributed by atoms with Gasteiger partial charge in [0.2, 0.25) is 0 Å². The van der Waals surface area contributed by atoms with E-state index in [0.29, 0.717) is 17.6 Å². The lowest BCUT2D eigenvalue weighted by molar-refractivity contribution is -0.149. The first-order chi connectivity index (χ1) is 9.52. The monoisotopic (exact) mass is 272 g/mol. The Labute approximate surface area is 117 Å². The zero-order valence-electron chi connectivity index (χ0n) is 11.7. The molecule has 4 nitrogen and oxygen atoms in total. The molecular formula is C16H16O4. The van der Waals surface area contributed by atoms with Crippen LogP contribution < -0.4 is 0 Å². The van der Waals surface area contributed by atoms with Gasteiger partial charge in [0.15, 0.2) is 0 Å². The van der Waals surface area contributed by atoms with E-state index in [1.54, 1.807) is 24.3 Å². The van der Waals surface area contributed by atoms with E-state index in [1.165, 1.54) is 0 Å². The molecule has 1 saturated heterocycles. The SMILES string of the molecule is CC=C/C=C1\C(=O)OC(=O)\C1=C\Cc1cc(C)oc1C. The first-order valence-electron chi connectivity index (χ1n) is 6.39. The molecular weight excluding hydrogens is 256 g/mol. The molecule has 0 unspecified atom stereocenters. The molecule has 4 heteroatoms. The number of carbonyl (C=O) groups excluding carboxylic acids is 2. The lowest BCUT2D eigenvalue weighted by Crippen LogP contribution is -1.97. The molecule has 0 aromatic carbocycles. The summed E-state index contributed by atoms with van der Waals surface area (Å²) >= 11 is 0. The smallest absolute Gasteiger partial charge is 0.346 e. The molecule has 0 saturated carbocycles. The van der Waals surface area contributed by atoms with E-state index >= 15 is 0 Å². The molecule has 1 fully saturated rings. The van der Waals surface area contributed by atoms with E-state index in [2.05, 4.69) is 4.74 Å². The van der Waals surface area contributed by atoms with Crippen LogP contribution >= 0.6 is 0 Å². The van der Waals surface area contributed by atoms with E-state index in [1.807, 2.05) is 26.8 Å². The van der Waals surface area contributed by atoms with Crippen molar-refractivity contribution in [3.63, 3.8) is 0 Å². The van der Waals surface area contributed by atoms with Gasteiger partial charge in [0, 0.05) is 0 Å². The first kappa shape index (κ1) is 14.1. The molecule has 0 aliphatic carbocycles. The van der Waals surface area contributed by atoms with Crippen molar-refractivity contribution >= 4 is 11.9 Å². The van der Waals surface area contributed by atoms with Gasteiger partial charge in [-0.3, -0.25) is 0 Å². The summed E-state index contributed by atoms with van der Waals surface area (Å²) in [7, 11) is 0. The molecule has 2 heterocycles. The van der Waals surface area contributed by atoms with Gasteiger partial charge in [0.25, 0.3) is 0 Å². The molecule has 0 spiro atoms. The van der Waals surface area contributed by atoms with Crippen molar-refractivity contribution in [1.29, 1.82) is 0 Å². The largest absolute Gasteiger partial charge is 0.466 e. The summed E-state index contributed by atoms with van der Waals surface area (Å²) in [5.74, 6) is 0.449. The Morgan fingerprint density at radius 1 is 1.15 bits per heavy atom. The summed E-state index contributed by atoms with van der Waals surface area (Å²) in [6.45, 7) is 5.57. The summed E-state index contributed by atoms with van der Waals surface area (Å²) in [6, 6.07) is 1.92. The van der Waals surface area contributed by atoms with Crippen LogP contribution in [0.3, 0.4) is 0 Å². The number of cyclic esters (lactones) is 2. The zero-order chi connectivity index (χ0) is 14.7. The highest BCUT2D eigenvalue weighted by molar-refractivity contribution is 6.18. The molecule has 0 radical (unpaired) electrons. The maximum atomic E-state index is 11.7. The van der Waals surface area contributed by atoms with Gasteiger partial charge in [-0.25, -0.2) is 9.59 Å². The standard InChI is InChI=1S/C16H16O4/c1-4-5-6-13-14(16(18)20-15(13)17)8-7-12-9-10(2)19-11(12)3/h4-6,8-9H,7H2,1-3H3/b5-4?,13-6-,14-8+. The second-order valence-corrected chi connectivity index (χ2v) is 4.54. The number of hydrogen-bond acceptors (Lipinski definition) is 4. The number of allylic oxidation sites excluding steroid dienone is 4. The molecule has 20 heavy (non-hydrogen) atoms. The van der Waals surface area contributed by atoms with Crippen molar-refractivity contribution in [2.45, 2.75) is 27.2 Å². The van der Waals surface area contributed by atoms with Crippen LogP contribution in [0.1, 0.15) is 24.0 Å². The minimum atomic E-state index is -0.598. The number of hydrogen-bond donors (Lipinski definition) is 0. The van der Waals surface area contributed by atoms with Crippen LogP contribution in [-0.4, -0.2) is 11.9 Å². The Kier molecular flexibility index (Phi) is 4.03. The Hall–Kier alpha value is -2.36. The molecule has 0 atom stereocenters. The lowest BCUT2D eigenvalue weighted by Gasteiger charge is -1.95. The molecule has 1 aliphatic rings. The van der Waals surface area contributed by atoms with E-state index in [-0.39, 0.29) is 0 Å². The van der Waals surface area contributed by atoms with Crippen LogP contribution in [0.15, 0.2) is 45.9 Å². The highest BCUT2D eigenvalue weighted by Crippen LogP contribution is 2.24. The Morgan fingerprint density at radius 2 is 1.85 bits per heavy atom. The fraction of sp³-hybridized carbons (Fsp3) is 0.250. The number of aryl methyl sites for hydroxylation is 2. The minimum absolute atomic E-state index is 0.297. The van der Waals surface area contributed by atoms with Gasteiger partial charge in [-0.15, -0.1) is 0 Å². The van der Waals surface area contributed by atoms with Crippen molar-refractivity contribution in [2.75, 3.05) is 0 Å². The van der Waals surface area contributed by atoms with Gasteiger partial charge in [0.1, 0.15) is 11.5 Å². The predicted molar refractivity (Wildman–Crippen MR) is 74.0 cm³/mol. The minimum Gasteiger partial charge on any atom is -0.466 e. The maximum Gasteiger partial charge on any atom is 0.346 e. The van der Waals surface area contributed by atoms with Crippen molar-refractivity contribution in [3.05, 3.63) is 58.6 Å². The summed E-state index contributed by atoms with van der Waals surface area (Å²) in [5, 5.41) is 0. The normalized spacial score (nSPS) is 19.6. The molecule has 1 aromatic heterocycles. The highest BCUT2D eigenvalue weighted by atomic mass is 16.6. The second-order valence-electron chi connectivity index (χ2n) is 4.54. The summed E-state index contributed by atoms with van der Waals surface area (Å²) in [5.41, 5.74) is 1.60. The Bertz CT molecular complexity index is 641. The van der Waals surface area contributed by atoms with E-state index in [4.69, 9.17) is 4.42 Å². The van der Waals surface area contributed by atoms with Crippen LogP contribution in [0.25, 0.3) is 0 Å². The van der Waals surface area contributed by atoms with E-state index < -0.39 is 11.9 Å². The topological polar surface area (TPSA) is 56.5 Å². The zero-order valence-corrected chi connectivity index (χ0v) is 11.7. The van der Waals surface area contributed by atoms with Crippen LogP contribution in [-0.2, 0) is 20.7 Å². The third-order valence-corrected chi connectivity index (χ3v) is 3.04. The Morgan fingerprint density at radius 3 is 2.45 bits per heavy atom. The third-order valence-electron chi connectivity index (χ3n) is 3.04. The van der Waals surface area contributed by atoms with Crippen LogP contribution in [0, 0.1) is 13.8 Å². The molecule has 104 valence electrons. The van der Waals surface area contributed by atoms with E-state index in [9.17, 15) is 9.59 Å². The lowest BCUT2D eigenvalue weighted by atomic mass is 10.0. The molecule has 2 rings (SSSR count). The summed E-state index contributed by atoms with van der Waals surface area (Å²) in [6.07, 6.45) is 7.31. The average Bonchev–Trinajstić information content (AvgIpc) is 2.84. The van der Waals surface area contributed by atoms with Crippen LogP contribution in [0.4, 0.5) is 0 Å². The quantitative estimate of drug-likeness (QED) is 0.482. The summed E-state index contributed by atoms with van der Waals surface area (Å²) < 4.78 is 10.1. The van der Waals surface area contributed by atoms with E-state index in [0.717, 1.165) is 17.1 Å². The predicted octanol–water partition coefficient (Wildman–Crippen LogP) is 2.95. The number of ether oxygens (including phenoxy) is 1. The van der Waals surface area contributed by atoms with Gasteiger partial charge in [-0.1, -0.05) is 18.2 Å². The number of carbonyl (C=O) groups is 2. The van der Waals surface area contributed by atoms with Gasteiger partial charge in [-0.2, -0.15) is 0 Å². The first-order valence-corrected chi connectivity index (χ1v) is 6.39. The molecule has 1 aliphatic heterocycles. The molecule has 0 N–H and O–H groups in total. The maximum absolute atomic E-state index is 11.7. The van der Waals surface area contributed by atoms with Gasteiger partial charge >= 0.3 is 11.9 Å². The highest BCUT2D eigenvalue weighted by Gasteiger charge is 2.32. The van der Waals surface area contributed by atoms with Crippen molar-refractivity contribution in [3.8, 4) is 0 Å². The van der Waals surface area contributed by atoms with Gasteiger partial charge in [-0.05, 0) is 44.9 Å². The second kappa shape index (κ2) is 5.74. The number of furan rings is 1. The van der Waals surface area contributed by atoms with Crippen LogP contribution in [0.2, 0.25) is 0 Å². The average molecular weight is 272 g/mol. The fourth-order valence-electron chi connectivity index (χ4n) is 2.06. The number of rotatable bonds is 3. The van der Waals surface area contributed by atoms with Gasteiger partial charge in [0.05, 0.1) is 11.1 Å². The molecule has 0 amide bonds. The van der Waals surface area contributed by atoms with Crippen molar-refractivity contribution < 1.29 is 18.7 Å². The molecule has 0 bridgehead atoms. The Balaban J connectivity index is 2.29. The fourth-order valence-corrected chi connectivity index (χ4v) is 2.06. The third kappa shape index (κ3) is 2.79. The number of esters is 2. The van der Waals surface area contributed by atoms with Gasteiger partial charge < -0.3 is 9.15 Å². The van der Waals surface area contributed by atoms with Crippen LogP contribution in [0.5, 0.6) is 0 Å². The van der Waals surface area contributed by atoms with Crippen molar-refractivity contribution in [2.24, 2.45) is 0 Å².